The first-order valence-electron chi connectivity index (χ1n) is 5.09. The van der Waals surface area contributed by atoms with Gasteiger partial charge < -0.3 is 10.4 Å². The lowest BCUT2D eigenvalue weighted by Crippen LogP contribution is -2.39. The molecule has 0 aromatic rings. The largest absolute Gasteiger partial charge is 0.396 e. The predicted octanol–water partition coefficient (Wildman–Crippen LogP) is 1.95. The van der Waals surface area contributed by atoms with Crippen LogP contribution in [-0.2, 0) is 0 Å². The third-order valence-electron chi connectivity index (χ3n) is 2.49. The normalized spacial score (nSPS) is 17.8. The van der Waals surface area contributed by atoms with Gasteiger partial charge in [-0.3, -0.25) is 0 Å². The zero-order chi connectivity index (χ0) is 10.3. The van der Waals surface area contributed by atoms with Gasteiger partial charge in [0.05, 0.1) is 0 Å². The summed E-state index contributed by atoms with van der Waals surface area (Å²) in [5, 5.41) is 12.4. The summed E-state index contributed by atoms with van der Waals surface area (Å²) < 4.78 is 0. The van der Waals surface area contributed by atoms with Gasteiger partial charge in [0.2, 0.25) is 0 Å². The van der Waals surface area contributed by atoms with Crippen LogP contribution in [0.1, 0.15) is 33.6 Å². The summed E-state index contributed by atoms with van der Waals surface area (Å²) in [7, 11) is 0. The molecule has 0 amide bonds. The van der Waals surface area contributed by atoms with Crippen molar-refractivity contribution in [3.63, 3.8) is 0 Å². The van der Waals surface area contributed by atoms with E-state index in [-0.39, 0.29) is 6.61 Å². The second-order valence-electron chi connectivity index (χ2n) is 3.88. The Hall–Kier alpha value is -0.340. The maximum atomic E-state index is 8.94. The Morgan fingerprint density at radius 3 is 2.46 bits per heavy atom. The van der Waals surface area contributed by atoms with Gasteiger partial charge in [0.25, 0.3) is 0 Å². The van der Waals surface area contributed by atoms with Gasteiger partial charge in [-0.05, 0) is 32.6 Å². The third-order valence-corrected chi connectivity index (χ3v) is 2.49. The maximum Gasteiger partial charge on any atom is 0.0471 e. The highest BCUT2D eigenvalue weighted by molar-refractivity contribution is 4.75. The minimum absolute atomic E-state index is 0.252. The molecule has 0 aromatic heterocycles. The number of rotatable bonds is 7. The molecule has 3 atom stereocenters. The molecule has 0 radical (unpaired) electrons. The quantitative estimate of drug-likeness (QED) is 0.594. The van der Waals surface area contributed by atoms with Crippen LogP contribution in [0.4, 0.5) is 0 Å². The smallest absolute Gasteiger partial charge is 0.0471 e. The highest BCUT2D eigenvalue weighted by Gasteiger charge is 2.12. The molecule has 0 bridgehead atoms. The molecule has 2 nitrogen and oxygen atoms in total. The Labute approximate surface area is 82.0 Å². The lowest BCUT2D eigenvalue weighted by molar-refractivity contribution is 0.201. The Bertz CT molecular complexity index is 136. The highest BCUT2D eigenvalue weighted by Crippen LogP contribution is 2.04. The van der Waals surface area contributed by atoms with E-state index in [1.165, 1.54) is 0 Å². The van der Waals surface area contributed by atoms with Crippen LogP contribution in [0, 0.1) is 5.92 Å². The SMILES string of the molecule is C=CCCC(C)NC(C)C(C)CO. The summed E-state index contributed by atoms with van der Waals surface area (Å²) >= 11 is 0. The molecule has 0 aliphatic carbocycles. The molecule has 78 valence electrons. The van der Waals surface area contributed by atoms with E-state index in [4.69, 9.17) is 5.11 Å². The van der Waals surface area contributed by atoms with Crippen molar-refractivity contribution < 1.29 is 5.11 Å². The second-order valence-corrected chi connectivity index (χ2v) is 3.88. The monoisotopic (exact) mass is 185 g/mol. The van der Waals surface area contributed by atoms with Crippen LogP contribution in [0.25, 0.3) is 0 Å². The fourth-order valence-corrected chi connectivity index (χ4v) is 1.22. The summed E-state index contributed by atoms with van der Waals surface area (Å²) in [6.07, 6.45) is 4.11. The number of nitrogens with one attached hydrogen (secondary N) is 1. The number of allylic oxidation sites excluding steroid dienone is 1. The molecule has 2 heteroatoms. The Morgan fingerprint density at radius 2 is 2.00 bits per heavy atom. The summed E-state index contributed by atoms with van der Waals surface area (Å²) in [5.74, 6) is 0.325. The molecule has 0 aliphatic rings. The molecule has 0 spiro atoms. The van der Waals surface area contributed by atoms with E-state index in [0.717, 1.165) is 12.8 Å². The molecular formula is C11H23NO. The van der Waals surface area contributed by atoms with Crippen LogP contribution in [0.5, 0.6) is 0 Å². The van der Waals surface area contributed by atoms with Crippen molar-refractivity contribution in [2.24, 2.45) is 5.92 Å². The average Bonchev–Trinajstić information content (AvgIpc) is 2.13. The molecule has 0 fully saturated rings. The summed E-state index contributed by atoms with van der Waals surface area (Å²) in [6, 6.07) is 0.881. The molecular weight excluding hydrogens is 162 g/mol. The molecule has 0 aliphatic heterocycles. The zero-order valence-corrected chi connectivity index (χ0v) is 9.09. The van der Waals surface area contributed by atoms with E-state index in [2.05, 4.69) is 32.7 Å². The van der Waals surface area contributed by atoms with E-state index in [0.29, 0.717) is 18.0 Å². The van der Waals surface area contributed by atoms with Crippen LogP contribution in [-0.4, -0.2) is 23.8 Å². The molecule has 0 heterocycles. The van der Waals surface area contributed by atoms with E-state index >= 15 is 0 Å². The highest BCUT2D eigenvalue weighted by atomic mass is 16.3. The first-order valence-corrected chi connectivity index (χ1v) is 5.09. The second kappa shape index (κ2) is 7.10. The molecule has 0 rings (SSSR count). The van der Waals surface area contributed by atoms with Gasteiger partial charge >= 0.3 is 0 Å². The Morgan fingerprint density at radius 1 is 1.38 bits per heavy atom. The first-order chi connectivity index (χ1) is 6.11. The van der Waals surface area contributed by atoms with Gasteiger partial charge in [-0.2, -0.15) is 0 Å². The minimum atomic E-state index is 0.252. The van der Waals surface area contributed by atoms with Crippen LogP contribution >= 0.6 is 0 Å². The fraction of sp³-hybridized carbons (Fsp3) is 0.818. The van der Waals surface area contributed by atoms with Crippen molar-refractivity contribution >= 4 is 0 Å². The Balaban J connectivity index is 3.63. The van der Waals surface area contributed by atoms with Gasteiger partial charge in [0.15, 0.2) is 0 Å². The topological polar surface area (TPSA) is 32.3 Å². The maximum absolute atomic E-state index is 8.94. The average molecular weight is 185 g/mol. The van der Waals surface area contributed by atoms with Crippen LogP contribution in [0.3, 0.4) is 0 Å². The lowest BCUT2D eigenvalue weighted by Gasteiger charge is -2.23. The van der Waals surface area contributed by atoms with Gasteiger partial charge in [-0.1, -0.05) is 13.0 Å². The third kappa shape index (κ3) is 5.83. The van der Waals surface area contributed by atoms with Crippen molar-refractivity contribution in [3.8, 4) is 0 Å². The van der Waals surface area contributed by atoms with Crippen molar-refractivity contribution in [3.05, 3.63) is 12.7 Å². The van der Waals surface area contributed by atoms with Crippen molar-refractivity contribution in [2.75, 3.05) is 6.61 Å². The van der Waals surface area contributed by atoms with Gasteiger partial charge in [0, 0.05) is 18.7 Å². The minimum Gasteiger partial charge on any atom is -0.396 e. The standard InChI is InChI=1S/C11H23NO/c1-5-6-7-10(3)12-11(4)9(2)8-13/h5,9-13H,1,6-8H2,2-4H3. The zero-order valence-electron chi connectivity index (χ0n) is 9.09. The number of hydrogen-bond donors (Lipinski definition) is 2. The summed E-state index contributed by atoms with van der Waals surface area (Å²) in [6.45, 7) is 10.3. The van der Waals surface area contributed by atoms with E-state index in [1.54, 1.807) is 0 Å². The predicted molar refractivity (Wildman–Crippen MR) is 57.7 cm³/mol. The molecule has 0 aromatic carbocycles. The molecule has 2 N–H and O–H groups in total. The van der Waals surface area contributed by atoms with Gasteiger partial charge in [-0.15, -0.1) is 6.58 Å². The molecule has 13 heavy (non-hydrogen) atoms. The fourth-order valence-electron chi connectivity index (χ4n) is 1.22. The van der Waals surface area contributed by atoms with Crippen molar-refractivity contribution in [1.82, 2.24) is 5.32 Å². The van der Waals surface area contributed by atoms with E-state index in [1.807, 2.05) is 6.08 Å². The van der Waals surface area contributed by atoms with Crippen molar-refractivity contribution in [2.45, 2.75) is 45.7 Å². The van der Waals surface area contributed by atoms with Crippen LogP contribution < -0.4 is 5.32 Å². The van der Waals surface area contributed by atoms with E-state index in [9.17, 15) is 0 Å². The summed E-state index contributed by atoms with van der Waals surface area (Å²) in [5.41, 5.74) is 0. The van der Waals surface area contributed by atoms with Crippen LogP contribution in [0.15, 0.2) is 12.7 Å². The first kappa shape index (κ1) is 12.7. The Kier molecular flexibility index (Phi) is 6.92. The number of aliphatic hydroxyl groups is 1. The molecule has 3 unspecified atom stereocenters. The lowest BCUT2D eigenvalue weighted by atomic mass is 10.0. The van der Waals surface area contributed by atoms with Crippen LogP contribution in [0.2, 0.25) is 0 Å². The number of aliphatic hydroxyl groups excluding tert-OH is 1. The van der Waals surface area contributed by atoms with E-state index < -0.39 is 0 Å². The summed E-state index contributed by atoms with van der Waals surface area (Å²) in [4.78, 5) is 0. The van der Waals surface area contributed by atoms with Gasteiger partial charge in [0.1, 0.15) is 0 Å². The molecule has 0 saturated carbocycles. The number of hydrogen-bond acceptors (Lipinski definition) is 2. The van der Waals surface area contributed by atoms with Crippen molar-refractivity contribution in [1.29, 1.82) is 0 Å². The molecule has 0 saturated heterocycles. The van der Waals surface area contributed by atoms with Gasteiger partial charge in [-0.25, -0.2) is 0 Å².